The van der Waals surface area contributed by atoms with Gasteiger partial charge in [0.15, 0.2) is 16.6 Å². The van der Waals surface area contributed by atoms with Crippen LogP contribution in [0.5, 0.6) is 11.5 Å². The summed E-state index contributed by atoms with van der Waals surface area (Å²) in [6.07, 6.45) is 0.967. The van der Waals surface area contributed by atoms with Gasteiger partial charge in [-0.15, -0.1) is 0 Å². The summed E-state index contributed by atoms with van der Waals surface area (Å²) in [6, 6.07) is 14.7. The van der Waals surface area contributed by atoms with Crippen molar-refractivity contribution in [2.45, 2.75) is 32.9 Å². The van der Waals surface area contributed by atoms with Crippen molar-refractivity contribution in [3.05, 3.63) is 59.2 Å². The van der Waals surface area contributed by atoms with Crippen LogP contribution in [0.1, 0.15) is 36.1 Å². The first-order valence-electron chi connectivity index (χ1n) is 8.15. The van der Waals surface area contributed by atoms with E-state index in [1.165, 1.54) is 11.1 Å². The fourth-order valence-electron chi connectivity index (χ4n) is 2.66. The monoisotopic (exact) mass is 342 g/mol. The van der Waals surface area contributed by atoms with Gasteiger partial charge < -0.3 is 20.1 Å². The molecule has 0 unspecified atom stereocenters. The fourth-order valence-corrected chi connectivity index (χ4v) is 2.88. The molecular formula is C19H22N2O2S. The zero-order valence-corrected chi connectivity index (χ0v) is 14.8. The Morgan fingerprint density at radius 3 is 2.62 bits per heavy atom. The molecule has 24 heavy (non-hydrogen) atoms. The van der Waals surface area contributed by atoms with Gasteiger partial charge in [0.05, 0.1) is 6.04 Å². The molecule has 2 aromatic rings. The maximum absolute atomic E-state index is 5.44. The van der Waals surface area contributed by atoms with Crippen LogP contribution in [0.4, 0.5) is 0 Å². The molecule has 0 radical (unpaired) electrons. The van der Waals surface area contributed by atoms with E-state index in [9.17, 15) is 0 Å². The van der Waals surface area contributed by atoms with Gasteiger partial charge in [-0.1, -0.05) is 42.8 Å². The fraction of sp³-hybridized carbons (Fsp3) is 0.316. The highest BCUT2D eigenvalue weighted by Crippen LogP contribution is 2.32. The topological polar surface area (TPSA) is 42.5 Å². The lowest BCUT2D eigenvalue weighted by molar-refractivity contribution is 0.174. The van der Waals surface area contributed by atoms with E-state index in [2.05, 4.69) is 48.7 Å². The van der Waals surface area contributed by atoms with E-state index >= 15 is 0 Å². The smallest absolute Gasteiger partial charge is 0.231 e. The van der Waals surface area contributed by atoms with Gasteiger partial charge in [0.2, 0.25) is 6.79 Å². The van der Waals surface area contributed by atoms with Crippen LogP contribution >= 0.6 is 12.2 Å². The molecule has 0 amide bonds. The number of fused-ring (bicyclic) bond motifs is 1. The van der Waals surface area contributed by atoms with Gasteiger partial charge in [0, 0.05) is 6.54 Å². The Labute approximate surface area is 148 Å². The van der Waals surface area contributed by atoms with E-state index in [0.717, 1.165) is 23.5 Å². The molecule has 0 fully saturated rings. The Hall–Kier alpha value is -2.27. The van der Waals surface area contributed by atoms with Crippen molar-refractivity contribution in [1.82, 2.24) is 10.6 Å². The number of benzene rings is 2. The summed E-state index contributed by atoms with van der Waals surface area (Å²) in [4.78, 5) is 0. The number of ether oxygens (including phenoxy) is 2. The standard InChI is InChI=1S/C19H22N2O2S/c1-3-16(15-7-4-13(2)5-8-15)21-19(24)20-11-14-6-9-17-18(10-14)23-12-22-17/h4-10,16H,3,11-12H2,1-2H3,(H2,20,21,24)/t16-/m1/s1. The van der Waals surface area contributed by atoms with Crippen LogP contribution in [0.15, 0.2) is 42.5 Å². The molecule has 1 aliphatic heterocycles. The Balaban J connectivity index is 1.55. The summed E-state index contributed by atoms with van der Waals surface area (Å²) in [6.45, 7) is 5.18. The van der Waals surface area contributed by atoms with Gasteiger partial charge in [-0.05, 0) is 48.8 Å². The molecule has 0 aromatic heterocycles. The molecular weight excluding hydrogens is 320 g/mol. The third-order valence-electron chi connectivity index (χ3n) is 4.08. The normalized spacial score (nSPS) is 13.4. The van der Waals surface area contributed by atoms with E-state index in [0.29, 0.717) is 18.5 Å². The van der Waals surface area contributed by atoms with Gasteiger partial charge >= 0.3 is 0 Å². The lowest BCUT2D eigenvalue weighted by Gasteiger charge is -2.20. The van der Waals surface area contributed by atoms with Gasteiger partial charge in [-0.25, -0.2) is 0 Å². The summed E-state index contributed by atoms with van der Waals surface area (Å²) in [5.74, 6) is 1.59. The maximum Gasteiger partial charge on any atom is 0.231 e. The van der Waals surface area contributed by atoms with Crippen LogP contribution in [0.3, 0.4) is 0 Å². The van der Waals surface area contributed by atoms with Crippen molar-refractivity contribution in [3.63, 3.8) is 0 Å². The minimum atomic E-state index is 0.211. The highest BCUT2D eigenvalue weighted by molar-refractivity contribution is 7.80. The second-order valence-corrected chi connectivity index (χ2v) is 6.29. The molecule has 2 N–H and O–H groups in total. The Morgan fingerprint density at radius 2 is 1.88 bits per heavy atom. The summed E-state index contributed by atoms with van der Waals surface area (Å²) >= 11 is 5.44. The number of nitrogens with one attached hydrogen (secondary N) is 2. The first kappa shape index (κ1) is 16.6. The second-order valence-electron chi connectivity index (χ2n) is 5.89. The first-order chi connectivity index (χ1) is 11.7. The average Bonchev–Trinajstić information content (AvgIpc) is 3.06. The van der Waals surface area contributed by atoms with Crippen LogP contribution < -0.4 is 20.1 Å². The highest BCUT2D eigenvalue weighted by Gasteiger charge is 2.14. The van der Waals surface area contributed by atoms with Crippen molar-refractivity contribution in [2.24, 2.45) is 0 Å². The molecule has 126 valence electrons. The van der Waals surface area contributed by atoms with E-state index in [1.807, 2.05) is 18.2 Å². The third-order valence-corrected chi connectivity index (χ3v) is 4.35. The van der Waals surface area contributed by atoms with E-state index in [1.54, 1.807) is 0 Å². The molecule has 5 heteroatoms. The number of rotatable bonds is 5. The molecule has 0 spiro atoms. The molecule has 2 aromatic carbocycles. The molecule has 0 bridgehead atoms. The summed E-state index contributed by atoms with van der Waals surface area (Å²) in [7, 11) is 0. The van der Waals surface area contributed by atoms with Gasteiger partial charge in [-0.3, -0.25) is 0 Å². The molecule has 0 saturated carbocycles. The van der Waals surface area contributed by atoms with Crippen molar-refractivity contribution in [1.29, 1.82) is 0 Å². The third kappa shape index (κ3) is 3.97. The van der Waals surface area contributed by atoms with Gasteiger partial charge in [-0.2, -0.15) is 0 Å². The van der Waals surface area contributed by atoms with Crippen LogP contribution in [-0.2, 0) is 6.54 Å². The molecule has 1 atom stereocenters. The second kappa shape index (κ2) is 7.53. The predicted octanol–water partition coefficient (Wildman–Crippen LogP) is 3.84. The number of aryl methyl sites for hydroxylation is 1. The van der Waals surface area contributed by atoms with E-state index < -0.39 is 0 Å². The lowest BCUT2D eigenvalue weighted by Crippen LogP contribution is -2.37. The Kier molecular flexibility index (Phi) is 5.20. The molecule has 0 aliphatic carbocycles. The van der Waals surface area contributed by atoms with Crippen LogP contribution in [0.25, 0.3) is 0 Å². The van der Waals surface area contributed by atoms with Crippen LogP contribution in [0, 0.1) is 6.92 Å². The van der Waals surface area contributed by atoms with Crippen LogP contribution in [-0.4, -0.2) is 11.9 Å². The highest BCUT2D eigenvalue weighted by atomic mass is 32.1. The Morgan fingerprint density at radius 1 is 1.12 bits per heavy atom. The summed E-state index contributed by atoms with van der Waals surface area (Å²) < 4.78 is 10.7. The number of hydrogen-bond acceptors (Lipinski definition) is 3. The summed E-state index contributed by atoms with van der Waals surface area (Å²) in [5.41, 5.74) is 3.61. The minimum Gasteiger partial charge on any atom is -0.454 e. The largest absolute Gasteiger partial charge is 0.454 e. The SMILES string of the molecule is CC[C@@H](NC(=S)NCc1ccc2c(c1)OCO2)c1ccc(C)cc1. The molecule has 3 rings (SSSR count). The first-order valence-corrected chi connectivity index (χ1v) is 8.56. The lowest BCUT2D eigenvalue weighted by atomic mass is 10.0. The minimum absolute atomic E-state index is 0.211. The van der Waals surface area contributed by atoms with Gasteiger partial charge in [0.25, 0.3) is 0 Å². The van der Waals surface area contributed by atoms with Crippen molar-refractivity contribution in [3.8, 4) is 11.5 Å². The maximum atomic E-state index is 5.44. The molecule has 4 nitrogen and oxygen atoms in total. The van der Waals surface area contributed by atoms with E-state index in [4.69, 9.17) is 21.7 Å². The quantitative estimate of drug-likeness (QED) is 0.808. The predicted molar refractivity (Wildman–Crippen MR) is 99.3 cm³/mol. The Bertz CT molecular complexity index is 716. The number of thiocarbonyl (C=S) groups is 1. The molecule has 1 aliphatic rings. The molecule has 1 heterocycles. The van der Waals surface area contributed by atoms with Crippen molar-refractivity contribution in [2.75, 3.05) is 6.79 Å². The summed E-state index contributed by atoms with van der Waals surface area (Å²) in [5, 5.41) is 7.30. The number of hydrogen-bond donors (Lipinski definition) is 2. The van der Waals surface area contributed by atoms with Crippen LogP contribution in [0.2, 0.25) is 0 Å². The van der Waals surface area contributed by atoms with Crippen molar-refractivity contribution >= 4 is 17.3 Å². The van der Waals surface area contributed by atoms with E-state index in [-0.39, 0.29) is 6.04 Å². The molecule has 0 saturated heterocycles. The average molecular weight is 342 g/mol. The van der Waals surface area contributed by atoms with Gasteiger partial charge in [0.1, 0.15) is 0 Å². The zero-order chi connectivity index (χ0) is 16.9. The van der Waals surface area contributed by atoms with Crippen molar-refractivity contribution < 1.29 is 9.47 Å². The zero-order valence-electron chi connectivity index (χ0n) is 14.0.